The lowest BCUT2D eigenvalue weighted by molar-refractivity contribution is 1.13. The molecule has 74 valence electrons. The molecule has 0 saturated carbocycles. The van der Waals surface area contributed by atoms with Gasteiger partial charge in [0.1, 0.15) is 5.03 Å². The van der Waals surface area contributed by atoms with Crippen molar-refractivity contribution >= 4 is 33.3 Å². The van der Waals surface area contributed by atoms with Crippen LogP contribution in [0.3, 0.4) is 0 Å². The molecular formula is C11H8N2S2. The molecule has 0 saturated heterocycles. The molecule has 0 unspecified atom stereocenters. The highest BCUT2D eigenvalue weighted by molar-refractivity contribution is 7.99. The van der Waals surface area contributed by atoms with Crippen LogP contribution in [0.1, 0.15) is 0 Å². The van der Waals surface area contributed by atoms with Crippen molar-refractivity contribution in [1.29, 1.82) is 0 Å². The van der Waals surface area contributed by atoms with E-state index in [1.165, 1.54) is 15.1 Å². The first-order chi connectivity index (χ1) is 7.43. The quantitative estimate of drug-likeness (QED) is 0.728. The Morgan fingerprint density at radius 2 is 2.27 bits per heavy atom. The van der Waals surface area contributed by atoms with Crippen LogP contribution in [0.2, 0.25) is 0 Å². The molecule has 3 aromatic rings. The lowest BCUT2D eigenvalue weighted by atomic mass is 10.5. The van der Waals surface area contributed by atoms with Gasteiger partial charge in [0.05, 0.1) is 10.2 Å². The molecule has 15 heavy (non-hydrogen) atoms. The van der Waals surface area contributed by atoms with Gasteiger partial charge in [-0.1, -0.05) is 17.8 Å². The number of aromatic nitrogens is 2. The maximum Gasteiger partial charge on any atom is 0.101 e. The number of thiophene rings is 1. The second-order valence-electron chi connectivity index (χ2n) is 3.09. The highest BCUT2D eigenvalue weighted by Crippen LogP contribution is 2.35. The van der Waals surface area contributed by atoms with E-state index >= 15 is 0 Å². The largest absolute Gasteiger partial charge is 0.359 e. The van der Waals surface area contributed by atoms with Crippen LogP contribution in [-0.4, -0.2) is 9.97 Å². The van der Waals surface area contributed by atoms with Crippen molar-refractivity contribution in [3.05, 3.63) is 42.0 Å². The summed E-state index contributed by atoms with van der Waals surface area (Å²) in [7, 11) is 0. The van der Waals surface area contributed by atoms with Crippen LogP contribution < -0.4 is 0 Å². The third kappa shape index (κ3) is 1.66. The molecular weight excluding hydrogens is 224 g/mol. The predicted octanol–water partition coefficient (Wildman–Crippen LogP) is 3.78. The molecule has 0 aliphatic rings. The van der Waals surface area contributed by atoms with E-state index in [0.29, 0.717) is 0 Å². The van der Waals surface area contributed by atoms with Gasteiger partial charge in [-0.3, -0.25) is 0 Å². The lowest BCUT2D eigenvalue weighted by Gasteiger charge is -1.96. The molecule has 0 atom stereocenters. The number of aromatic amines is 1. The van der Waals surface area contributed by atoms with Crippen molar-refractivity contribution in [3.8, 4) is 0 Å². The van der Waals surface area contributed by atoms with E-state index in [2.05, 4.69) is 21.4 Å². The topological polar surface area (TPSA) is 28.7 Å². The third-order valence-electron chi connectivity index (χ3n) is 2.10. The SMILES string of the molecule is c1ccc(Sc2c[nH]c3ccsc23)nc1. The van der Waals surface area contributed by atoms with E-state index in [0.717, 1.165) is 5.03 Å². The fourth-order valence-electron chi connectivity index (χ4n) is 1.42. The standard InChI is InChI=1S/C11H8N2S2/c1-2-5-12-10(3-1)15-9-7-13-8-4-6-14-11(8)9/h1-7,13H. The molecule has 4 heteroatoms. The van der Waals surface area contributed by atoms with Crippen molar-refractivity contribution in [2.75, 3.05) is 0 Å². The molecule has 0 aromatic carbocycles. The summed E-state index contributed by atoms with van der Waals surface area (Å²) in [6.45, 7) is 0. The Labute approximate surface area is 95.4 Å². The summed E-state index contributed by atoms with van der Waals surface area (Å²) in [6.07, 6.45) is 3.86. The monoisotopic (exact) mass is 232 g/mol. The Hall–Kier alpha value is -1.26. The van der Waals surface area contributed by atoms with E-state index in [4.69, 9.17) is 0 Å². The maximum atomic E-state index is 4.30. The van der Waals surface area contributed by atoms with Gasteiger partial charge >= 0.3 is 0 Å². The maximum absolute atomic E-state index is 4.30. The molecule has 3 heterocycles. The van der Waals surface area contributed by atoms with Crippen LogP contribution in [0.15, 0.2) is 52.0 Å². The molecule has 0 radical (unpaired) electrons. The normalized spacial score (nSPS) is 10.9. The van der Waals surface area contributed by atoms with Gasteiger partial charge in [0.15, 0.2) is 0 Å². The van der Waals surface area contributed by atoms with Crippen LogP contribution >= 0.6 is 23.1 Å². The molecule has 0 spiro atoms. The predicted molar refractivity (Wildman–Crippen MR) is 64.5 cm³/mol. The van der Waals surface area contributed by atoms with Crippen molar-refractivity contribution in [2.24, 2.45) is 0 Å². The molecule has 0 amide bonds. The van der Waals surface area contributed by atoms with Gasteiger partial charge in [-0.05, 0) is 23.6 Å². The second kappa shape index (κ2) is 3.72. The Kier molecular flexibility index (Phi) is 2.23. The minimum Gasteiger partial charge on any atom is -0.359 e. The van der Waals surface area contributed by atoms with Crippen LogP contribution in [0.25, 0.3) is 10.2 Å². The highest BCUT2D eigenvalue weighted by Gasteiger charge is 2.06. The number of hydrogen-bond acceptors (Lipinski definition) is 3. The zero-order valence-corrected chi connectivity index (χ0v) is 9.44. The van der Waals surface area contributed by atoms with Gasteiger partial charge in [-0.15, -0.1) is 11.3 Å². The molecule has 1 N–H and O–H groups in total. The van der Waals surface area contributed by atoms with Crippen LogP contribution in [0.5, 0.6) is 0 Å². The summed E-state index contributed by atoms with van der Waals surface area (Å²) in [4.78, 5) is 8.80. The zero-order chi connectivity index (χ0) is 10.1. The number of hydrogen-bond donors (Lipinski definition) is 1. The first kappa shape index (κ1) is 9.00. The molecule has 0 fully saturated rings. The first-order valence-corrected chi connectivity index (χ1v) is 6.26. The van der Waals surface area contributed by atoms with Gasteiger partial charge < -0.3 is 4.98 Å². The molecule has 3 rings (SSSR count). The number of nitrogens with zero attached hydrogens (tertiary/aromatic N) is 1. The van der Waals surface area contributed by atoms with Gasteiger partial charge in [-0.2, -0.15) is 0 Å². The fourth-order valence-corrected chi connectivity index (χ4v) is 3.26. The average Bonchev–Trinajstić information content (AvgIpc) is 2.85. The van der Waals surface area contributed by atoms with E-state index < -0.39 is 0 Å². The summed E-state index contributed by atoms with van der Waals surface area (Å²) in [6, 6.07) is 8.06. The van der Waals surface area contributed by atoms with Gasteiger partial charge in [0.2, 0.25) is 0 Å². The molecule has 0 aliphatic carbocycles. The summed E-state index contributed by atoms with van der Waals surface area (Å²) in [5.41, 5.74) is 1.21. The Balaban J connectivity index is 1.99. The number of rotatable bonds is 2. The zero-order valence-electron chi connectivity index (χ0n) is 7.81. The minimum absolute atomic E-state index is 1.03. The third-order valence-corrected chi connectivity index (χ3v) is 4.17. The smallest absolute Gasteiger partial charge is 0.101 e. The Morgan fingerprint density at radius 3 is 3.13 bits per heavy atom. The van der Waals surface area contributed by atoms with Crippen LogP contribution in [0, 0.1) is 0 Å². The minimum atomic E-state index is 1.03. The summed E-state index contributed by atoms with van der Waals surface area (Å²) >= 11 is 3.46. The van der Waals surface area contributed by atoms with Crippen LogP contribution in [-0.2, 0) is 0 Å². The molecule has 0 bridgehead atoms. The average molecular weight is 232 g/mol. The highest BCUT2D eigenvalue weighted by atomic mass is 32.2. The number of pyridine rings is 1. The van der Waals surface area contributed by atoms with Crippen molar-refractivity contribution in [3.63, 3.8) is 0 Å². The van der Waals surface area contributed by atoms with Crippen molar-refractivity contribution in [1.82, 2.24) is 9.97 Å². The number of nitrogens with one attached hydrogen (secondary N) is 1. The van der Waals surface area contributed by atoms with Gasteiger partial charge in [-0.25, -0.2) is 4.98 Å². The number of fused-ring (bicyclic) bond motifs is 1. The number of H-pyrrole nitrogens is 1. The Bertz CT molecular complexity index is 568. The van der Waals surface area contributed by atoms with E-state index in [9.17, 15) is 0 Å². The lowest BCUT2D eigenvalue weighted by Crippen LogP contribution is -1.75. The summed E-state index contributed by atoms with van der Waals surface area (Å²) in [5, 5.41) is 3.13. The van der Waals surface area contributed by atoms with Crippen LogP contribution in [0.4, 0.5) is 0 Å². The summed E-state index contributed by atoms with van der Waals surface area (Å²) < 4.78 is 1.31. The van der Waals surface area contributed by atoms with Crippen molar-refractivity contribution in [2.45, 2.75) is 9.92 Å². The molecule has 2 nitrogen and oxygen atoms in total. The van der Waals surface area contributed by atoms with Gasteiger partial charge in [0.25, 0.3) is 0 Å². The van der Waals surface area contributed by atoms with E-state index in [1.54, 1.807) is 23.1 Å². The molecule has 0 aliphatic heterocycles. The van der Waals surface area contributed by atoms with Gasteiger partial charge in [0, 0.05) is 17.3 Å². The molecule has 3 aromatic heterocycles. The van der Waals surface area contributed by atoms with E-state index in [1.807, 2.05) is 30.6 Å². The van der Waals surface area contributed by atoms with E-state index in [-0.39, 0.29) is 0 Å². The second-order valence-corrected chi connectivity index (χ2v) is 5.06. The van der Waals surface area contributed by atoms with Crippen molar-refractivity contribution < 1.29 is 0 Å². The Morgan fingerprint density at radius 1 is 1.27 bits per heavy atom. The summed E-state index contributed by atoms with van der Waals surface area (Å²) in [5.74, 6) is 0. The fraction of sp³-hybridized carbons (Fsp3) is 0. The first-order valence-electron chi connectivity index (χ1n) is 4.57.